The van der Waals surface area contributed by atoms with Crippen LogP contribution in [0, 0.1) is 23.7 Å². The van der Waals surface area contributed by atoms with Gasteiger partial charge < -0.3 is 10.1 Å². The van der Waals surface area contributed by atoms with Gasteiger partial charge in [-0.05, 0) is 93.7 Å². The second-order valence-electron chi connectivity index (χ2n) is 9.77. The number of hydrogen-bond acceptors (Lipinski definition) is 3. The molecule has 0 spiro atoms. The minimum Gasteiger partial charge on any atom is -0.463 e. The molecule has 4 saturated carbocycles. The van der Waals surface area contributed by atoms with Crippen LogP contribution in [0.25, 0.3) is 6.08 Å². The molecule has 0 saturated heterocycles. The standard InChI is InChI=1S/C25H33NO3/c1-4-29-22(27)9-8-16-6-5-7-21(15-16)25(2,3)24(28)26-23-19-11-17-10-18(13-19)14-20(23)12-17/h5-9,15,17-20,23H,4,10-14H2,1-3H3,(H,26,28)/b9-8+. The lowest BCUT2D eigenvalue weighted by Crippen LogP contribution is -2.58. The van der Waals surface area contributed by atoms with Gasteiger partial charge in [-0.25, -0.2) is 4.79 Å². The predicted molar refractivity (Wildman–Crippen MR) is 114 cm³/mol. The maximum absolute atomic E-state index is 13.3. The van der Waals surface area contributed by atoms with E-state index in [-0.39, 0.29) is 11.9 Å². The maximum Gasteiger partial charge on any atom is 0.330 e. The van der Waals surface area contributed by atoms with E-state index in [0.717, 1.165) is 23.0 Å². The monoisotopic (exact) mass is 395 g/mol. The number of carbonyl (C=O) groups excluding carboxylic acids is 2. The molecule has 0 unspecified atom stereocenters. The van der Waals surface area contributed by atoms with E-state index in [2.05, 4.69) is 5.32 Å². The van der Waals surface area contributed by atoms with Gasteiger partial charge in [0.05, 0.1) is 12.0 Å². The average Bonchev–Trinajstić information content (AvgIpc) is 2.69. The molecule has 1 amide bonds. The van der Waals surface area contributed by atoms with Gasteiger partial charge in [-0.15, -0.1) is 0 Å². The molecule has 1 N–H and O–H groups in total. The minimum atomic E-state index is -0.623. The maximum atomic E-state index is 13.3. The van der Waals surface area contributed by atoms with Crippen LogP contribution in [0.3, 0.4) is 0 Å². The van der Waals surface area contributed by atoms with Crippen molar-refractivity contribution in [3.05, 3.63) is 41.5 Å². The van der Waals surface area contributed by atoms with Gasteiger partial charge in [0.25, 0.3) is 0 Å². The smallest absolute Gasteiger partial charge is 0.330 e. The fourth-order valence-corrected chi connectivity index (χ4v) is 6.01. The topological polar surface area (TPSA) is 55.4 Å². The fraction of sp³-hybridized carbons (Fsp3) is 0.600. The van der Waals surface area contributed by atoms with Crippen LogP contribution in [-0.2, 0) is 19.7 Å². The summed E-state index contributed by atoms with van der Waals surface area (Å²) in [5, 5.41) is 3.46. The summed E-state index contributed by atoms with van der Waals surface area (Å²) < 4.78 is 4.94. The van der Waals surface area contributed by atoms with E-state index >= 15 is 0 Å². The Labute approximate surface area is 174 Å². The molecule has 4 heteroatoms. The first-order valence-corrected chi connectivity index (χ1v) is 11.1. The lowest BCUT2D eigenvalue weighted by Gasteiger charge is -2.54. The van der Waals surface area contributed by atoms with E-state index in [1.807, 2.05) is 38.1 Å². The van der Waals surface area contributed by atoms with Crippen LogP contribution < -0.4 is 5.32 Å². The number of nitrogens with one attached hydrogen (secondary N) is 1. The quantitative estimate of drug-likeness (QED) is 0.571. The van der Waals surface area contributed by atoms with Crippen LogP contribution >= 0.6 is 0 Å². The van der Waals surface area contributed by atoms with Crippen molar-refractivity contribution in [2.24, 2.45) is 23.7 Å². The van der Waals surface area contributed by atoms with Gasteiger partial charge in [0, 0.05) is 12.1 Å². The van der Waals surface area contributed by atoms with Crippen molar-refractivity contribution in [1.82, 2.24) is 5.32 Å². The zero-order valence-electron chi connectivity index (χ0n) is 17.8. The van der Waals surface area contributed by atoms with Gasteiger partial charge in [0.15, 0.2) is 0 Å². The van der Waals surface area contributed by atoms with Crippen LogP contribution in [-0.4, -0.2) is 24.5 Å². The Bertz CT molecular complexity index is 782. The highest BCUT2D eigenvalue weighted by Gasteiger charge is 2.49. The Morgan fingerprint density at radius 1 is 1.10 bits per heavy atom. The molecular weight excluding hydrogens is 362 g/mol. The third-order valence-electron chi connectivity index (χ3n) is 7.40. The van der Waals surface area contributed by atoms with Crippen molar-refractivity contribution in [1.29, 1.82) is 0 Å². The second kappa shape index (κ2) is 7.97. The number of esters is 1. The largest absolute Gasteiger partial charge is 0.463 e. The van der Waals surface area contributed by atoms with Crippen molar-refractivity contribution >= 4 is 18.0 Å². The number of rotatable bonds is 6. The summed E-state index contributed by atoms with van der Waals surface area (Å²) in [6, 6.07) is 8.22. The van der Waals surface area contributed by atoms with E-state index in [1.54, 1.807) is 13.0 Å². The third kappa shape index (κ3) is 4.12. The van der Waals surface area contributed by atoms with E-state index in [1.165, 1.54) is 38.2 Å². The number of benzene rings is 1. The number of ether oxygens (including phenoxy) is 1. The van der Waals surface area contributed by atoms with Crippen LogP contribution in [0.2, 0.25) is 0 Å². The molecule has 4 nitrogen and oxygen atoms in total. The molecular formula is C25H33NO3. The Morgan fingerprint density at radius 2 is 1.76 bits per heavy atom. The number of amides is 1. The van der Waals surface area contributed by atoms with Crippen LogP contribution in [0.5, 0.6) is 0 Å². The molecule has 4 fully saturated rings. The molecule has 4 bridgehead atoms. The first kappa shape index (κ1) is 20.2. The molecule has 156 valence electrons. The van der Waals surface area contributed by atoms with E-state index in [9.17, 15) is 9.59 Å². The normalized spacial score (nSPS) is 30.5. The molecule has 0 atom stereocenters. The van der Waals surface area contributed by atoms with Crippen molar-refractivity contribution in [3.63, 3.8) is 0 Å². The zero-order chi connectivity index (χ0) is 20.6. The Balaban J connectivity index is 1.46. The number of carbonyl (C=O) groups is 2. The summed E-state index contributed by atoms with van der Waals surface area (Å²) in [5.74, 6) is 2.91. The second-order valence-corrected chi connectivity index (χ2v) is 9.77. The van der Waals surface area contributed by atoms with E-state index in [0.29, 0.717) is 24.5 Å². The van der Waals surface area contributed by atoms with Gasteiger partial charge in [-0.2, -0.15) is 0 Å². The van der Waals surface area contributed by atoms with Gasteiger partial charge in [0.1, 0.15) is 0 Å². The van der Waals surface area contributed by atoms with Crippen LogP contribution in [0.15, 0.2) is 30.3 Å². The van der Waals surface area contributed by atoms with Gasteiger partial charge in [-0.1, -0.05) is 24.3 Å². The highest BCUT2D eigenvalue weighted by atomic mass is 16.5. The molecule has 29 heavy (non-hydrogen) atoms. The average molecular weight is 396 g/mol. The lowest BCUT2D eigenvalue weighted by molar-refractivity contribution is -0.137. The molecule has 1 aromatic rings. The predicted octanol–water partition coefficient (Wildman–Crippen LogP) is 4.48. The SMILES string of the molecule is CCOC(=O)/C=C/c1cccc(C(C)(C)C(=O)NC2C3CC4CC(C3)CC2C4)c1. The fourth-order valence-electron chi connectivity index (χ4n) is 6.01. The molecule has 5 rings (SSSR count). The molecule has 1 aromatic carbocycles. The van der Waals surface area contributed by atoms with Crippen molar-refractivity contribution in [3.8, 4) is 0 Å². The summed E-state index contributed by atoms with van der Waals surface area (Å²) in [4.78, 5) is 24.9. The van der Waals surface area contributed by atoms with Crippen LogP contribution in [0.1, 0.15) is 64.0 Å². The van der Waals surface area contributed by atoms with Crippen molar-refractivity contribution < 1.29 is 14.3 Å². The summed E-state index contributed by atoms with van der Waals surface area (Å²) >= 11 is 0. The summed E-state index contributed by atoms with van der Waals surface area (Å²) in [6.07, 6.45) is 9.79. The lowest BCUT2D eigenvalue weighted by atomic mass is 9.54. The summed E-state index contributed by atoms with van der Waals surface area (Å²) in [7, 11) is 0. The summed E-state index contributed by atoms with van der Waals surface area (Å²) in [5.41, 5.74) is 1.23. The third-order valence-corrected chi connectivity index (χ3v) is 7.40. The highest BCUT2D eigenvalue weighted by molar-refractivity contribution is 5.89. The molecule has 0 heterocycles. The Hall–Kier alpha value is -2.10. The first-order chi connectivity index (χ1) is 13.9. The van der Waals surface area contributed by atoms with Gasteiger partial charge >= 0.3 is 5.97 Å². The summed E-state index contributed by atoms with van der Waals surface area (Å²) in [6.45, 7) is 6.14. The number of hydrogen-bond donors (Lipinski definition) is 1. The van der Waals surface area contributed by atoms with Crippen molar-refractivity contribution in [2.75, 3.05) is 6.61 Å². The Kier molecular flexibility index (Phi) is 5.54. The molecule has 0 aromatic heterocycles. The molecule has 0 aliphatic heterocycles. The molecule has 4 aliphatic carbocycles. The van der Waals surface area contributed by atoms with Crippen molar-refractivity contribution in [2.45, 2.75) is 64.3 Å². The van der Waals surface area contributed by atoms with Crippen LogP contribution in [0.4, 0.5) is 0 Å². The minimum absolute atomic E-state index is 0.112. The Morgan fingerprint density at radius 3 is 2.38 bits per heavy atom. The van der Waals surface area contributed by atoms with Gasteiger partial charge in [-0.3, -0.25) is 4.79 Å². The molecule has 4 aliphatic rings. The highest BCUT2D eigenvalue weighted by Crippen LogP contribution is 2.53. The zero-order valence-corrected chi connectivity index (χ0v) is 17.8. The van der Waals surface area contributed by atoms with Gasteiger partial charge in [0.2, 0.25) is 5.91 Å². The first-order valence-electron chi connectivity index (χ1n) is 11.1. The van der Waals surface area contributed by atoms with E-state index < -0.39 is 5.41 Å². The van der Waals surface area contributed by atoms with E-state index in [4.69, 9.17) is 4.74 Å². The molecule has 0 radical (unpaired) electrons.